The van der Waals surface area contributed by atoms with Gasteiger partial charge in [0.1, 0.15) is 0 Å². The molecule has 2 rings (SSSR count). The molecule has 0 bridgehead atoms. The van der Waals surface area contributed by atoms with Crippen molar-refractivity contribution in [2.24, 2.45) is 5.92 Å². The quantitative estimate of drug-likeness (QED) is 0.682. The first-order valence-corrected chi connectivity index (χ1v) is 4.43. The van der Waals surface area contributed by atoms with Crippen molar-refractivity contribution < 1.29 is 0 Å². The number of hydrogen-bond donors (Lipinski definition) is 0. The van der Waals surface area contributed by atoms with Crippen LogP contribution >= 0.6 is 11.6 Å². The van der Waals surface area contributed by atoms with Crippen LogP contribution in [0.25, 0.3) is 0 Å². The Labute approximate surface area is 81.6 Å². The number of hydrogen-bond acceptors (Lipinski definition) is 3. The highest BCUT2D eigenvalue weighted by atomic mass is 35.5. The zero-order valence-corrected chi connectivity index (χ0v) is 7.70. The topological polar surface area (TPSA) is 39.9 Å². The van der Waals surface area contributed by atoms with Crippen LogP contribution in [0.4, 0.5) is 5.69 Å². The number of rotatable bonds is 1. The summed E-state index contributed by atoms with van der Waals surface area (Å²) in [6.45, 7) is 1.56. The molecule has 2 heterocycles. The summed E-state index contributed by atoms with van der Waals surface area (Å²) in [5, 5.41) is 9.25. The minimum atomic E-state index is 0.157. The summed E-state index contributed by atoms with van der Waals surface area (Å²) in [5.41, 5.74) is 0.975. The van der Waals surface area contributed by atoms with Gasteiger partial charge in [0.2, 0.25) is 0 Å². The van der Waals surface area contributed by atoms with E-state index in [1.54, 1.807) is 12.4 Å². The molecule has 0 amide bonds. The summed E-state index contributed by atoms with van der Waals surface area (Å²) in [6, 6.07) is 4.09. The molecule has 1 fully saturated rings. The van der Waals surface area contributed by atoms with E-state index in [-0.39, 0.29) is 5.92 Å². The highest BCUT2D eigenvalue weighted by Gasteiger charge is 2.27. The van der Waals surface area contributed by atoms with Crippen molar-refractivity contribution in [1.82, 2.24) is 4.98 Å². The molecule has 0 atom stereocenters. The molecule has 66 valence electrons. The number of anilines is 1. The van der Waals surface area contributed by atoms with Gasteiger partial charge in [0.15, 0.2) is 0 Å². The second-order valence-electron chi connectivity index (χ2n) is 3.06. The summed E-state index contributed by atoms with van der Waals surface area (Å²) in [7, 11) is 0. The van der Waals surface area contributed by atoms with Crippen LogP contribution in [0.1, 0.15) is 0 Å². The van der Waals surface area contributed by atoms with Gasteiger partial charge in [-0.25, -0.2) is 0 Å². The monoisotopic (exact) mass is 193 g/mol. The molecule has 1 aliphatic heterocycles. The smallest absolute Gasteiger partial charge is 0.0822 e. The second kappa shape index (κ2) is 3.23. The van der Waals surface area contributed by atoms with Crippen molar-refractivity contribution in [1.29, 1.82) is 5.26 Å². The van der Waals surface area contributed by atoms with Gasteiger partial charge in [-0.3, -0.25) is 4.98 Å². The van der Waals surface area contributed by atoms with E-state index < -0.39 is 0 Å². The van der Waals surface area contributed by atoms with Crippen LogP contribution in [-0.4, -0.2) is 18.1 Å². The minimum Gasteiger partial charge on any atom is -0.367 e. The van der Waals surface area contributed by atoms with E-state index in [0.29, 0.717) is 5.02 Å². The standard InChI is InChI=1S/C9H8ClN3/c10-8-4-12-2-1-9(8)13-5-7(3-11)6-13/h1-2,4,7H,5-6H2. The first-order valence-electron chi connectivity index (χ1n) is 4.05. The van der Waals surface area contributed by atoms with Gasteiger partial charge in [0, 0.05) is 25.5 Å². The SMILES string of the molecule is N#CC1CN(c2ccncc2Cl)C1. The van der Waals surface area contributed by atoms with Crippen molar-refractivity contribution in [2.75, 3.05) is 18.0 Å². The van der Waals surface area contributed by atoms with E-state index in [0.717, 1.165) is 18.8 Å². The van der Waals surface area contributed by atoms with Crippen molar-refractivity contribution in [3.63, 3.8) is 0 Å². The van der Waals surface area contributed by atoms with Crippen molar-refractivity contribution >= 4 is 17.3 Å². The van der Waals surface area contributed by atoms with Crippen molar-refractivity contribution in [3.05, 3.63) is 23.5 Å². The number of aromatic nitrogens is 1. The van der Waals surface area contributed by atoms with Gasteiger partial charge in [-0.1, -0.05) is 11.6 Å². The van der Waals surface area contributed by atoms with Crippen LogP contribution in [-0.2, 0) is 0 Å². The van der Waals surface area contributed by atoms with E-state index in [9.17, 15) is 0 Å². The molecule has 0 aliphatic carbocycles. The first kappa shape index (κ1) is 8.33. The highest BCUT2D eigenvalue weighted by Crippen LogP contribution is 2.29. The van der Waals surface area contributed by atoms with E-state index >= 15 is 0 Å². The third-order valence-electron chi connectivity index (χ3n) is 2.16. The highest BCUT2D eigenvalue weighted by molar-refractivity contribution is 6.33. The number of pyridine rings is 1. The molecule has 0 N–H and O–H groups in total. The average molecular weight is 194 g/mol. The van der Waals surface area contributed by atoms with Crippen LogP contribution in [0, 0.1) is 17.2 Å². The average Bonchev–Trinajstić information content (AvgIpc) is 2.06. The third kappa shape index (κ3) is 1.45. The predicted molar refractivity (Wildman–Crippen MR) is 50.6 cm³/mol. The summed E-state index contributed by atoms with van der Waals surface area (Å²) >= 11 is 5.94. The molecule has 0 saturated carbocycles. The maximum Gasteiger partial charge on any atom is 0.0822 e. The molecule has 13 heavy (non-hydrogen) atoms. The van der Waals surface area contributed by atoms with Gasteiger partial charge < -0.3 is 4.90 Å². The minimum absolute atomic E-state index is 0.157. The van der Waals surface area contributed by atoms with Gasteiger partial charge in [0.25, 0.3) is 0 Å². The molecule has 1 aromatic heterocycles. The van der Waals surface area contributed by atoms with Crippen molar-refractivity contribution in [2.45, 2.75) is 0 Å². The van der Waals surface area contributed by atoms with E-state index in [1.807, 2.05) is 6.07 Å². The Morgan fingerprint density at radius 3 is 3.00 bits per heavy atom. The van der Waals surface area contributed by atoms with Crippen LogP contribution < -0.4 is 4.90 Å². The lowest BCUT2D eigenvalue weighted by molar-refractivity contribution is 0.504. The lowest BCUT2D eigenvalue weighted by Gasteiger charge is -2.37. The Balaban J connectivity index is 2.12. The van der Waals surface area contributed by atoms with E-state index in [2.05, 4.69) is 16.0 Å². The Kier molecular flexibility index (Phi) is 2.07. The van der Waals surface area contributed by atoms with Gasteiger partial charge in [-0.2, -0.15) is 5.26 Å². The fourth-order valence-corrected chi connectivity index (χ4v) is 1.62. The first-order chi connectivity index (χ1) is 6.31. The molecule has 1 saturated heterocycles. The Hall–Kier alpha value is -1.27. The van der Waals surface area contributed by atoms with Crippen LogP contribution in [0.15, 0.2) is 18.5 Å². The van der Waals surface area contributed by atoms with Gasteiger partial charge in [-0.05, 0) is 6.07 Å². The third-order valence-corrected chi connectivity index (χ3v) is 2.45. The molecule has 0 spiro atoms. The Bertz CT molecular complexity index is 352. The van der Waals surface area contributed by atoms with Crippen LogP contribution in [0.2, 0.25) is 5.02 Å². The van der Waals surface area contributed by atoms with Crippen LogP contribution in [0.5, 0.6) is 0 Å². The molecule has 3 nitrogen and oxygen atoms in total. The molecule has 1 aromatic rings. The fraction of sp³-hybridized carbons (Fsp3) is 0.333. The molecule has 1 aliphatic rings. The molecule has 0 unspecified atom stereocenters. The molecular formula is C9H8ClN3. The number of nitrogens with zero attached hydrogens (tertiary/aromatic N) is 3. The van der Waals surface area contributed by atoms with Gasteiger partial charge in [-0.15, -0.1) is 0 Å². The van der Waals surface area contributed by atoms with E-state index in [1.165, 1.54) is 0 Å². The fourth-order valence-electron chi connectivity index (χ4n) is 1.38. The normalized spacial score (nSPS) is 16.5. The summed E-state index contributed by atoms with van der Waals surface area (Å²) in [4.78, 5) is 5.98. The van der Waals surface area contributed by atoms with Gasteiger partial charge >= 0.3 is 0 Å². The zero-order chi connectivity index (χ0) is 9.26. The zero-order valence-electron chi connectivity index (χ0n) is 6.94. The number of halogens is 1. The van der Waals surface area contributed by atoms with Crippen molar-refractivity contribution in [3.8, 4) is 6.07 Å². The van der Waals surface area contributed by atoms with Crippen LogP contribution in [0.3, 0.4) is 0 Å². The summed E-state index contributed by atoms with van der Waals surface area (Å²) in [5.74, 6) is 0.157. The summed E-state index contributed by atoms with van der Waals surface area (Å²) < 4.78 is 0. The molecular weight excluding hydrogens is 186 g/mol. The van der Waals surface area contributed by atoms with E-state index in [4.69, 9.17) is 16.9 Å². The maximum atomic E-state index is 8.60. The maximum absolute atomic E-state index is 8.60. The lowest BCUT2D eigenvalue weighted by atomic mass is 10.0. The number of nitriles is 1. The lowest BCUT2D eigenvalue weighted by Crippen LogP contribution is -2.46. The second-order valence-corrected chi connectivity index (χ2v) is 3.47. The Morgan fingerprint density at radius 1 is 1.62 bits per heavy atom. The Morgan fingerprint density at radius 2 is 2.38 bits per heavy atom. The molecule has 0 aromatic carbocycles. The predicted octanol–water partition coefficient (Wildman–Crippen LogP) is 1.69. The summed E-state index contributed by atoms with van der Waals surface area (Å²) in [6.07, 6.45) is 3.33. The largest absolute Gasteiger partial charge is 0.367 e. The molecule has 0 radical (unpaired) electrons. The van der Waals surface area contributed by atoms with Gasteiger partial charge in [0.05, 0.1) is 22.7 Å². The molecule has 4 heteroatoms.